The van der Waals surface area contributed by atoms with Gasteiger partial charge in [-0.05, 0) is 25.5 Å². The molecule has 0 bridgehead atoms. The largest absolute Gasteiger partial charge is 0.423 e. The predicted molar refractivity (Wildman–Crippen MR) is 92.7 cm³/mol. The molecule has 3 aromatic rings. The Bertz CT molecular complexity index is 934. The summed E-state index contributed by atoms with van der Waals surface area (Å²) in [4.78, 5) is 19.1. The normalized spacial score (nSPS) is 10.2. The van der Waals surface area contributed by atoms with Gasteiger partial charge in [-0.1, -0.05) is 36.4 Å². The Morgan fingerprint density at radius 3 is 2.62 bits per heavy atom. The van der Waals surface area contributed by atoms with Gasteiger partial charge in [0, 0.05) is 16.8 Å². The summed E-state index contributed by atoms with van der Waals surface area (Å²) in [5.41, 5.74) is 3.82. The van der Waals surface area contributed by atoms with Gasteiger partial charge in [0.25, 0.3) is 6.01 Å². The molecule has 118 valence electrons. The van der Waals surface area contributed by atoms with Crippen molar-refractivity contribution in [3.63, 3.8) is 0 Å². The highest BCUT2D eigenvalue weighted by Gasteiger charge is 2.09. The first-order valence-electron chi connectivity index (χ1n) is 7.39. The van der Waals surface area contributed by atoms with E-state index in [-0.39, 0.29) is 5.78 Å². The third kappa shape index (κ3) is 3.18. The van der Waals surface area contributed by atoms with Crippen LogP contribution in [0.25, 0.3) is 16.2 Å². The maximum absolute atomic E-state index is 11.5. The second-order valence-electron chi connectivity index (χ2n) is 5.40. The number of rotatable bonds is 4. The standard InChI is InChI=1S/C19H15N3O2/c1-12-4-5-15(13(2)23)10-17(12)22-19-21-11-18(24-19)14-6-8-16(20-3)9-7-14/h4-11H,1-2H3,(H,21,22). The van der Waals surface area contributed by atoms with Gasteiger partial charge in [-0.25, -0.2) is 9.83 Å². The highest BCUT2D eigenvalue weighted by molar-refractivity contribution is 5.95. The maximum atomic E-state index is 11.5. The van der Waals surface area contributed by atoms with Gasteiger partial charge in [-0.15, -0.1) is 0 Å². The van der Waals surface area contributed by atoms with Gasteiger partial charge in [-0.3, -0.25) is 4.79 Å². The molecule has 2 aromatic carbocycles. The van der Waals surface area contributed by atoms with Crippen molar-refractivity contribution in [3.8, 4) is 11.3 Å². The molecule has 0 amide bonds. The summed E-state index contributed by atoms with van der Waals surface area (Å²) < 4.78 is 5.72. The summed E-state index contributed by atoms with van der Waals surface area (Å²) in [6.45, 7) is 10.4. The average molecular weight is 317 g/mol. The number of carbonyl (C=O) groups excluding carboxylic acids is 1. The number of hydrogen-bond acceptors (Lipinski definition) is 4. The van der Waals surface area contributed by atoms with E-state index in [0.717, 1.165) is 16.8 Å². The van der Waals surface area contributed by atoms with E-state index in [1.165, 1.54) is 6.92 Å². The zero-order valence-corrected chi connectivity index (χ0v) is 13.3. The summed E-state index contributed by atoms with van der Waals surface area (Å²) in [6, 6.07) is 12.9. The SMILES string of the molecule is [C-]#[N+]c1ccc(-c2cnc(Nc3cc(C(C)=O)ccc3C)o2)cc1. The van der Waals surface area contributed by atoms with Crippen LogP contribution in [0, 0.1) is 13.5 Å². The Balaban J connectivity index is 1.85. The number of anilines is 2. The lowest BCUT2D eigenvalue weighted by molar-refractivity contribution is 0.101. The smallest absolute Gasteiger partial charge is 0.299 e. The minimum Gasteiger partial charge on any atom is -0.423 e. The fraction of sp³-hybridized carbons (Fsp3) is 0.105. The molecule has 0 saturated heterocycles. The minimum atomic E-state index is 0.00559. The first-order chi connectivity index (χ1) is 11.6. The summed E-state index contributed by atoms with van der Waals surface area (Å²) in [7, 11) is 0. The van der Waals surface area contributed by atoms with Crippen LogP contribution in [0.2, 0.25) is 0 Å². The molecule has 1 aromatic heterocycles. The molecule has 3 rings (SSSR count). The number of benzene rings is 2. The predicted octanol–water partition coefficient (Wildman–Crippen LogP) is 5.15. The van der Waals surface area contributed by atoms with Gasteiger partial charge in [0.2, 0.25) is 0 Å². The van der Waals surface area contributed by atoms with E-state index < -0.39 is 0 Å². The van der Waals surface area contributed by atoms with Crippen molar-refractivity contribution < 1.29 is 9.21 Å². The molecule has 24 heavy (non-hydrogen) atoms. The Labute approximate surface area is 139 Å². The molecule has 0 spiro atoms. The van der Waals surface area contributed by atoms with Crippen molar-refractivity contribution in [1.82, 2.24) is 4.98 Å². The molecule has 0 aliphatic rings. The lowest BCUT2D eigenvalue weighted by Gasteiger charge is -2.07. The van der Waals surface area contributed by atoms with E-state index in [1.807, 2.05) is 25.1 Å². The van der Waals surface area contributed by atoms with E-state index >= 15 is 0 Å². The highest BCUT2D eigenvalue weighted by Crippen LogP contribution is 2.27. The summed E-state index contributed by atoms with van der Waals surface area (Å²) in [5.74, 6) is 0.612. The van der Waals surface area contributed by atoms with Crippen LogP contribution >= 0.6 is 0 Å². The van der Waals surface area contributed by atoms with Crippen molar-refractivity contribution in [2.24, 2.45) is 0 Å². The Morgan fingerprint density at radius 2 is 1.96 bits per heavy atom. The van der Waals surface area contributed by atoms with Crippen LogP contribution in [0.1, 0.15) is 22.8 Å². The van der Waals surface area contributed by atoms with Gasteiger partial charge in [0.15, 0.2) is 17.2 Å². The first kappa shape index (κ1) is 15.5. The zero-order valence-electron chi connectivity index (χ0n) is 13.3. The van der Waals surface area contributed by atoms with Gasteiger partial charge in [0.1, 0.15) is 0 Å². The van der Waals surface area contributed by atoms with E-state index in [1.54, 1.807) is 30.5 Å². The molecule has 5 nitrogen and oxygen atoms in total. The number of nitrogens with one attached hydrogen (secondary N) is 1. The number of aromatic nitrogens is 1. The fourth-order valence-corrected chi connectivity index (χ4v) is 2.26. The van der Waals surface area contributed by atoms with Crippen molar-refractivity contribution in [1.29, 1.82) is 0 Å². The van der Waals surface area contributed by atoms with Crippen molar-refractivity contribution >= 4 is 23.2 Å². The molecular weight excluding hydrogens is 302 g/mol. The van der Waals surface area contributed by atoms with Crippen molar-refractivity contribution in [2.75, 3.05) is 5.32 Å². The number of aryl methyl sites for hydroxylation is 1. The summed E-state index contributed by atoms with van der Waals surface area (Å²) >= 11 is 0. The number of oxazole rings is 1. The molecule has 1 heterocycles. The molecule has 0 atom stereocenters. The lowest BCUT2D eigenvalue weighted by atomic mass is 10.1. The molecule has 0 aliphatic carbocycles. The number of nitrogens with zero attached hydrogens (tertiary/aromatic N) is 2. The highest BCUT2D eigenvalue weighted by atomic mass is 16.4. The van der Waals surface area contributed by atoms with E-state index in [4.69, 9.17) is 11.0 Å². The van der Waals surface area contributed by atoms with Gasteiger partial charge in [0.05, 0.1) is 12.8 Å². The average Bonchev–Trinajstić information content (AvgIpc) is 3.05. The number of carbonyl (C=O) groups is 1. The fourth-order valence-electron chi connectivity index (χ4n) is 2.26. The molecule has 0 radical (unpaired) electrons. The van der Waals surface area contributed by atoms with Crippen LogP contribution < -0.4 is 5.32 Å². The zero-order chi connectivity index (χ0) is 17.1. The van der Waals surface area contributed by atoms with Crippen molar-refractivity contribution in [3.05, 3.63) is 71.2 Å². The quantitative estimate of drug-likeness (QED) is 0.534. The van der Waals surface area contributed by atoms with Crippen molar-refractivity contribution in [2.45, 2.75) is 13.8 Å². The van der Waals surface area contributed by atoms with E-state index in [9.17, 15) is 4.79 Å². The second-order valence-corrected chi connectivity index (χ2v) is 5.40. The van der Waals surface area contributed by atoms with Gasteiger partial charge in [-0.2, -0.15) is 0 Å². The molecule has 0 aliphatic heterocycles. The third-order valence-electron chi connectivity index (χ3n) is 3.67. The third-order valence-corrected chi connectivity index (χ3v) is 3.67. The second kappa shape index (κ2) is 6.39. The number of ketones is 1. The molecule has 1 N–H and O–H groups in total. The molecule has 0 fully saturated rings. The monoisotopic (exact) mass is 317 g/mol. The Kier molecular flexibility index (Phi) is 4.13. The van der Waals surface area contributed by atoms with Crippen LogP contribution in [0.4, 0.5) is 17.4 Å². The maximum Gasteiger partial charge on any atom is 0.299 e. The van der Waals surface area contributed by atoms with Gasteiger partial charge >= 0.3 is 0 Å². The Hall–Kier alpha value is -3.39. The molecule has 0 saturated carbocycles. The topological polar surface area (TPSA) is 59.5 Å². The Morgan fingerprint density at radius 1 is 1.21 bits per heavy atom. The van der Waals surface area contributed by atoms with Gasteiger partial charge < -0.3 is 9.73 Å². The van der Waals surface area contributed by atoms with Crippen LogP contribution in [0.3, 0.4) is 0 Å². The first-order valence-corrected chi connectivity index (χ1v) is 7.39. The number of hydrogen-bond donors (Lipinski definition) is 1. The minimum absolute atomic E-state index is 0.00559. The van der Waals surface area contributed by atoms with Crippen LogP contribution in [-0.4, -0.2) is 10.8 Å². The summed E-state index contributed by atoms with van der Waals surface area (Å²) in [6.07, 6.45) is 1.62. The lowest BCUT2D eigenvalue weighted by Crippen LogP contribution is -1.97. The van der Waals surface area contributed by atoms with E-state index in [0.29, 0.717) is 23.0 Å². The number of Topliss-reactive ketones (excluding diaryl/α,β-unsaturated/α-hetero) is 1. The molecule has 0 unspecified atom stereocenters. The van der Waals surface area contributed by atoms with Crippen LogP contribution in [0.15, 0.2) is 53.1 Å². The molecular formula is C19H15N3O2. The van der Waals surface area contributed by atoms with E-state index in [2.05, 4.69) is 15.1 Å². The van der Waals surface area contributed by atoms with Crippen LogP contribution in [0.5, 0.6) is 0 Å². The van der Waals surface area contributed by atoms with Crippen LogP contribution in [-0.2, 0) is 0 Å². The molecule has 5 heteroatoms. The summed E-state index contributed by atoms with van der Waals surface area (Å²) in [5, 5.41) is 3.10.